The molecule has 1 aliphatic rings. The average molecular weight is 227 g/mol. The Morgan fingerprint density at radius 2 is 2.27 bits per heavy atom. The summed E-state index contributed by atoms with van der Waals surface area (Å²) in [7, 11) is 0. The van der Waals surface area contributed by atoms with Crippen molar-refractivity contribution in [3.05, 3.63) is 0 Å². The van der Waals surface area contributed by atoms with Crippen molar-refractivity contribution in [3.63, 3.8) is 0 Å². The molecular weight excluding hydrogens is 210 g/mol. The smallest absolute Gasteiger partial charge is 0.197 e. The van der Waals surface area contributed by atoms with Gasteiger partial charge in [-0.3, -0.25) is 0 Å². The number of aromatic nitrogens is 1. The Balaban J connectivity index is 2.07. The molecule has 4 nitrogen and oxygen atoms in total. The first-order chi connectivity index (χ1) is 7.16. The summed E-state index contributed by atoms with van der Waals surface area (Å²) < 4.78 is 9.76. The first-order valence-corrected chi connectivity index (χ1v) is 6.12. The van der Waals surface area contributed by atoms with Gasteiger partial charge in [-0.1, -0.05) is 0 Å². The molecular formula is C10H17N3OS. The largest absolute Gasteiger partial charge is 0.484 e. The maximum Gasteiger partial charge on any atom is 0.197 e. The minimum atomic E-state index is 0.130. The molecule has 0 unspecified atom stereocenters. The van der Waals surface area contributed by atoms with Crippen LogP contribution in [0.2, 0.25) is 0 Å². The number of ether oxygens (including phenoxy) is 1. The molecule has 1 aromatic heterocycles. The number of hydrogen-bond acceptors (Lipinski definition) is 5. The highest BCUT2D eigenvalue weighted by molar-refractivity contribution is 7.11. The van der Waals surface area contributed by atoms with Gasteiger partial charge < -0.3 is 15.8 Å². The van der Waals surface area contributed by atoms with Crippen LogP contribution in [0.1, 0.15) is 33.1 Å². The van der Waals surface area contributed by atoms with Crippen LogP contribution in [0.4, 0.5) is 10.8 Å². The first-order valence-electron chi connectivity index (χ1n) is 5.35. The molecule has 0 bridgehead atoms. The molecule has 15 heavy (non-hydrogen) atoms. The fourth-order valence-electron chi connectivity index (χ4n) is 1.47. The van der Waals surface area contributed by atoms with Gasteiger partial charge in [0.05, 0.1) is 6.10 Å². The molecule has 0 aliphatic heterocycles. The zero-order valence-electron chi connectivity index (χ0n) is 9.12. The van der Waals surface area contributed by atoms with Gasteiger partial charge in [-0.2, -0.15) is 4.37 Å². The van der Waals surface area contributed by atoms with Crippen LogP contribution >= 0.6 is 11.5 Å². The molecule has 0 aromatic carbocycles. The summed E-state index contributed by atoms with van der Waals surface area (Å²) >= 11 is 1.38. The van der Waals surface area contributed by atoms with Gasteiger partial charge in [0.25, 0.3) is 0 Å². The minimum Gasteiger partial charge on any atom is -0.484 e. The number of nitrogens with two attached hydrogens (primary N) is 1. The van der Waals surface area contributed by atoms with Gasteiger partial charge in [-0.05, 0) is 44.6 Å². The summed E-state index contributed by atoms with van der Waals surface area (Å²) in [6, 6.07) is 0.583. The predicted octanol–water partition coefficient (Wildman–Crippen LogP) is 2.48. The lowest BCUT2D eigenvalue weighted by Gasteiger charge is -2.27. The number of nitrogen functional groups attached to an aromatic ring is 1. The summed E-state index contributed by atoms with van der Waals surface area (Å²) in [5, 5.41) is 4.40. The Hall–Kier alpha value is -0.970. The summed E-state index contributed by atoms with van der Waals surface area (Å²) in [5.41, 5.74) is 5.76. The average Bonchev–Trinajstić information content (AvgIpc) is 2.41. The van der Waals surface area contributed by atoms with E-state index in [1.807, 2.05) is 13.8 Å². The van der Waals surface area contributed by atoms with Crippen LogP contribution in [0.25, 0.3) is 0 Å². The van der Waals surface area contributed by atoms with Crippen molar-refractivity contribution < 1.29 is 4.74 Å². The van der Waals surface area contributed by atoms with Gasteiger partial charge in [-0.15, -0.1) is 0 Å². The van der Waals surface area contributed by atoms with E-state index in [2.05, 4.69) is 9.69 Å². The molecule has 1 saturated carbocycles. The summed E-state index contributed by atoms with van der Waals surface area (Å²) in [4.78, 5) is 0. The molecule has 84 valence electrons. The van der Waals surface area contributed by atoms with E-state index in [1.54, 1.807) is 0 Å². The van der Waals surface area contributed by atoms with Crippen molar-refractivity contribution in [2.75, 3.05) is 11.1 Å². The van der Waals surface area contributed by atoms with E-state index in [4.69, 9.17) is 10.5 Å². The third-order valence-corrected chi connectivity index (χ3v) is 3.24. The van der Waals surface area contributed by atoms with Gasteiger partial charge in [0.15, 0.2) is 16.6 Å². The lowest BCUT2D eigenvalue weighted by Crippen LogP contribution is -2.26. The fraction of sp³-hybridized carbons (Fsp3) is 0.700. The number of nitrogens with zero attached hydrogens (tertiary/aromatic N) is 1. The van der Waals surface area contributed by atoms with Crippen LogP contribution in [-0.4, -0.2) is 16.5 Å². The molecule has 0 atom stereocenters. The van der Waals surface area contributed by atoms with Crippen molar-refractivity contribution in [2.45, 2.75) is 45.3 Å². The normalized spacial score (nSPS) is 16.5. The number of hydrogen-bond donors (Lipinski definition) is 2. The monoisotopic (exact) mass is 227 g/mol. The highest BCUT2D eigenvalue weighted by Crippen LogP contribution is 2.38. The van der Waals surface area contributed by atoms with Crippen molar-refractivity contribution in [3.8, 4) is 5.75 Å². The minimum absolute atomic E-state index is 0.130. The molecule has 2 rings (SSSR count). The SMILES string of the molecule is CC(C)Oc1c(N)nsc1NC1CCC1. The lowest BCUT2D eigenvalue weighted by molar-refractivity contribution is 0.245. The summed E-state index contributed by atoms with van der Waals surface area (Å²) in [6.45, 7) is 3.98. The first kappa shape index (κ1) is 10.5. The Labute approximate surface area is 94.0 Å². The van der Waals surface area contributed by atoms with Gasteiger partial charge in [-0.25, -0.2) is 0 Å². The van der Waals surface area contributed by atoms with Crippen LogP contribution in [-0.2, 0) is 0 Å². The Morgan fingerprint density at radius 3 is 2.80 bits per heavy atom. The highest BCUT2D eigenvalue weighted by atomic mass is 32.1. The molecule has 0 amide bonds. The zero-order chi connectivity index (χ0) is 10.8. The van der Waals surface area contributed by atoms with Crippen LogP contribution in [0.5, 0.6) is 5.75 Å². The Bertz CT molecular complexity index is 333. The molecule has 0 spiro atoms. The molecule has 0 radical (unpaired) electrons. The highest BCUT2D eigenvalue weighted by Gasteiger charge is 2.21. The van der Waals surface area contributed by atoms with Crippen molar-refractivity contribution >= 4 is 22.4 Å². The molecule has 5 heteroatoms. The van der Waals surface area contributed by atoms with E-state index in [0.29, 0.717) is 11.9 Å². The van der Waals surface area contributed by atoms with Gasteiger partial charge in [0.1, 0.15) is 0 Å². The second-order valence-electron chi connectivity index (χ2n) is 4.16. The van der Waals surface area contributed by atoms with Crippen LogP contribution in [0.3, 0.4) is 0 Å². The predicted molar refractivity (Wildman–Crippen MR) is 63.6 cm³/mol. The van der Waals surface area contributed by atoms with E-state index in [1.165, 1.54) is 30.8 Å². The second-order valence-corrected chi connectivity index (χ2v) is 4.94. The quantitative estimate of drug-likeness (QED) is 0.829. The molecule has 1 heterocycles. The number of rotatable bonds is 4. The summed E-state index contributed by atoms with van der Waals surface area (Å²) in [5.74, 6) is 1.22. The number of anilines is 2. The van der Waals surface area contributed by atoms with Crippen molar-refractivity contribution in [1.82, 2.24) is 4.37 Å². The topological polar surface area (TPSA) is 60.2 Å². The molecule has 1 fully saturated rings. The van der Waals surface area contributed by atoms with Gasteiger partial charge in [0.2, 0.25) is 0 Å². The standard InChI is InChI=1S/C10H17N3OS/c1-6(2)14-8-9(11)13-15-10(8)12-7-4-3-5-7/h6-7,12H,3-5H2,1-2H3,(H2,11,13). The molecule has 1 aliphatic carbocycles. The van der Waals surface area contributed by atoms with Crippen LogP contribution < -0.4 is 15.8 Å². The van der Waals surface area contributed by atoms with Crippen molar-refractivity contribution in [1.29, 1.82) is 0 Å². The van der Waals surface area contributed by atoms with E-state index in [0.717, 1.165) is 10.8 Å². The zero-order valence-corrected chi connectivity index (χ0v) is 9.93. The van der Waals surface area contributed by atoms with Gasteiger partial charge in [0, 0.05) is 6.04 Å². The van der Waals surface area contributed by atoms with E-state index in [-0.39, 0.29) is 6.10 Å². The van der Waals surface area contributed by atoms with E-state index >= 15 is 0 Å². The van der Waals surface area contributed by atoms with Gasteiger partial charge >= 0.3 is 0 Å². The van der Waals surface area contributed by atoms with E-state index in [9.17, 15) is 0 Å². The lowest BCUT2D eigenvalue weighted by atomic mass is 9.93. The third-order valence-electron chi connectivity index (χ3n) is 2.47. The van der Waals surface area contributed by atoms with Crippen LogP contribution in [0.15, 0.2) is 0 Å². The molecule has 3 N–H and O–H groups in total. The molecule has 1 aromatic rings. The molecule has 0 saturated heterocycles. The fourth-order valence-corrected chi connectivity index (χ4v) is 2.20. The second kappa shape index (κ2) is 4.26. The Kier molecular flexibility index (Phi) is 3.00. The Morgan fingerprint density at radius 1 is 1.53 bits per heavy atom. The number of nitrogens with one attached hydrogen (secondary N) is 1. The van der Waals surface area contributed by atoms with Crippen LogP contribution in [0, 0.1) is 0 Å². The third kappa shape index (κ3) is 2.34. The van der Waals surface area contributed by atoms with Crippen molar-refractivity contribution in [2.24, 2.45) is 0 Å². The van der Waals surface area contributed by atoms with E-state index < -0.39 is 0 Å². The maximum absolute atomic E-state index is 5.76. The summed E-state index contributed by atoms with van der Waals surface area (Å²) in [6.07, 6.45) is 3.91. The maximum atomic E-state index is 5.76.